The average molecular weight is 341 g/mol. The molecule has 0 saturated carbocycles. The number of hydrogen-bond donors (Lipinski definition) is 0. The maximum Gasteiger partial charge on any atom is 0.410 e. The smallest absolute Gasteiger partial charge is 0.410 e. The highest BCUT2D eigenvalue weighted by molar-refractivity contribution is 5.70. The molecule has 1 atom stereocenters. The standard InChI is InChI=1S/C18H23N5O2/c1-11-14-13(7-10-23(11)17(24)25-18(3,4)5)15(22-12(2)21-14)16-19-8-6-9-20-16/h6,8-9,11H,7,10H2,1-5H3/t11-/m0/s1. The molecule has 0 radical (unpaired) electrons. The first-order valence-electron chi connectivity index (χ1n) is 8.40. The van der Waals surface area contributed by atoms with E-state index in [0.717, 1.165) is 17.0 Å². The van der Waals surface area contributed by atoms with Crippen LogP contribution in [0.15, 0.2) is 18.5 Å². The number of hydrogen-bond acceptors (Lipinski definition) is 6. The van der Waals surface area contributed by atoms with E-state index in [1.54, 1.807) is 23.4 Å². The highest BCUT2D eigenvalue weighted by Crippen LogP contribution is 2.33. The SMILES string of the molecule is Cc1nc(-c2ncccn2)c2c(n1)[C@H](C)N(C(=O)OC(C)(C)C)CC2. The lowest BCUT2D eigenvalue weighted by Crippen LogP contribution is -2.42. The largest absolute Gasteiger partial charge is 0.444 e. The monoisotopic (exact) mass is 341 g/mol. The molecule has 3 rings (SSSR count). The molecule has 0 bridgehead atoms. The Morgan fingerprint density at radius 2 is 1.92 bits per heavy atom. The Labute approximate surface area is 147 Å². The Kier molecular flexibility index (Phi) is 4.41. The normalized spacial score (nSPS) is 17.2. The predicted molar refractivity (Wildman–Crippen MR) is 92.9 cm³/mol. The molecule has 0 aliphatic carbocycles. The van der Waals surface area contributed by atoms with Crippen LogP contribution in [-0.2, 0) is 11.2 Å². The maximum absolute atomic E-state index is 12.5. The number of rotatable bonds is 1. The van der Waals surface area contributed by atoms with E-state index in [9.17, 15) is 4.79 Å². The van der Waals surface area contributed by atoms with Gasteiger partial charge in [-0.25, -0.2) is 24.7 Å². The summed E-state index contributed by atoms with van der Waals surface area (Å²) >= 11 is 0. The molecule has 0 aromatic carbocycles. The first-order valence-corrected chi connectivity index (χ1v) is 8.40. The molecular formula is C18H23N5O2. The number of ether oxygens (including phenoxy) is 1. The second-order valence-electron chi connectivity index (χ2n) is 7.16. The minimum Gasteiger partial charge on any atom is -0.444 e. The van der Waals surface area contributed by atoms with Gasteiger partial charge in [0.1, 0.15) is 17.1 Å². The fourth-order valence-electron chi connectivity index (χ4n) is 2.96. The fraction of sp³-hybridized carbons (Fsp3) is 0.500. The molecule has 7 heteroatoms. The Bertz CT molecular complexity index is 786. The van der Waals surface area contributed by atoms with Crippen molar-refractivity contribution in [3.63, 3.8) is 0 Å². The van der Waals surface area contributed by atoms with Crippen LogP contribution < -0.4 is 0 Å². The Morgan fingerprint density at radius 3 is 2.56 bits per heavy atom. The number of carbonyl (C=O) groups is 1. The average Bonchev–Trinajstić information content (AvgIpc) is 2.54. The van der Waals surface area contributed by atoms with E-state index in [4.69, 9.17) is 4.74 Å². The van der Waals surface area contributed by atoms with Crippen molar-refractivity contribution in [2.24, 2.45) is 0 Å². The van der Waals surface area contributed by atoms with Crippen molar-refractivity contribution in [2.75, 3.05) is 6.54 Å². The topological polar surface area (TPSA) is 81.1 Å². The summed E-state index contributed by atoms with van der Waals surface area (Å²) in [6.07, 6.45) is 3.73. The van der Waals surface area contributed by atoms with Crippen LogP contribution in [-0.4, -0.2) is 43.1 Å². The number of fused-ring (bicyclic) bond motifs is 1. The molecule has 0 unspecified atom stereocenters. The van der Waals surface area contributed by atoms with Gasteiger partial charge in [-0.05, 0) is 47.1 Å². The van der Waals surface area contributed by atoms with E-state index in [1.807, 2.05) is 34.6 Å². The summed E-state index contributed by atoms with van der Waals surface area (Å²) in [7, 11) is 0. The van der Waals surface area contributed by atoms with Gasteiger partial charge in [0, 0.05) is 24.5 Å². The molecule has 132 valence electrons. The molecule has 1 amide bonds. The van der Waals surface area contributed by atoms with Gasteiger partial charge in [-0.2, -0.15) is 0 Å². The van der Waals surface area contributed by atoms with Crippen LogP contribution in [0.2, 0.25) is 0 Å². The molecule has 2 aromatic rings. The van der Waals surface area contributed by atoms with Crippen molar-refractivity contribution in [1.82, 2.24) is 24.8 Å². The van der Waals surface area contributed by atoms with Gasteiger partial charge in [0.2, 0.25) is 0 Å². The van der Waals surface area contributed by atoms with Gasteiger partial charge in [0.05, 0.1) is 11.7 Å². The molecule has 3 heterocycles. The molecule has 0 spiro atoms. The minimum absolute atomic E-state index is 0.192. The third kappa shape index (κ3) is 3.60. The highest BCUT2D eigenvalue weighted by atomic mass is 16.6. The minimum atomic E-state index is -0.526. The van der Waals surface area contributed by atoms with E-state index >= 15 is 0 Å². The molecule has 2 aromatic heterocycles. The van der Waals surface area contributed by atoms with Gasteiger partial charge in [0.15, 0.2) is 5.82 Å². The Morgan fingerprint density at radius 1 is 1.24 bits per heavy atom. The van der Waals surface area contributed by atoms with Gasteiger partial charge < -0.3 is 4.74 Å². The van der Waals surface area contributed by atoms with Crippen LogP contribution >= 0.6 is 0 Å². The molecule has 25 heavy (non-hydrogen) atoms. The molecule has 0 saturated heterocycles. The summed E-state index contributed by atoms with van der Waals surface area (Å²) in [5.74, 6) is 1.22. The second-order valence-corrected chi connectivity index (χ2v) is 7.16. The van der Waals surface area contributed by atoms with Gasteiger partial charge in [0.25, 0.3) is 0 Å². The van der Waals surface area contributed by atoms with E-state index in [-0.39, 0.29) is 12.1 Å². The van der Waals surface area contributed by atoms with E-state index in [1.165, 1.54) is 0 Å². The highest BCUT2D eigenvalue weighted by Gasteiger charge is 2.34. The van der Waals surface area contributed by atoms with Gasteiger partial charge >= 0.3 is 6.09 Å². The summed E-state index contributed by atoms with van der Waals surface area (Å²) in [4.78, 5) is 32.0. The first-order chi connectivity index (χ1) is 11.8. The number of aryl methyl sites for hydroxylation is 1. The van der Waals surface area contributed by atoms with Crippen molar-refractivity contribution < 1.29 is 9.53 Å². The predicted octanol–water partition coefficient (Wildman–Crippen LogP) is 3.10. The van der Waals surface area contributed by atoms with Crippen LogP contribution in [0.4, 0.5) is 4.79 Å². The molecule has 1 aliphatic rings. The molecular weight excluding hydrogens is 318 g/mol. The van der Waals surface area contributed by atoms with Crippen LogP contribution in [0.1, 0.15) is 50.8 Å². The molecule has 0 fully saturated rings. The summed E-state index contributed by atoms with van der Waals surface area (Å²) in [5, 5.41) is 0. The van der Waals surface area contributed by atoms with E-state index in [0.29, 0.717) is 24.6 Å². The van der Waals surface area contributed by atoms with E-state index in [2.05, 4.69) is 19.9 Å². The Balaban J connectivity index is 1.98. The van der Waals surface area contributed by atoms with Crippen molar-refractivity contribution in [1.29, 1.82) is 0 Å². The lowest BCUT2D eigenvalue weighted by atomic mass is 9.97. The summed E-state index contributed by atoms with van der Waals surface area (Å²) < 4.78 is 5.53. The van der Waals surface area contributed by atoms with Gasteiger partial charge in [-0.3, -0.25) is 4.90 Å². The van der Waals surface area contributed by atoms with Crippen LogP contribution in [0.5, 0.6) is 0 Å². The zero-order valence-electron chi connectivity index (χ0n) is 15.3. The van der Waals surface area contributed by atoms with Gasteiger partial charge in [-0.15, -0.1) is 0 Å². The van der Waals surface area contributed by atoms with Gasteiger partial charge in [-0.1, -0.05) is 0 Å². The zero-order chi connectivity index (χ0) is 18.2. The quantitative estimate of drug-likeness (QED) is 0.793. The van der Waals surface area contributed by atoms with Crippen LogP contribution in [0.25, 0.3) is 11.5 Å². The number of nitrogens with zero attached hydrogens (tertiary/aromatic N) is 5. The zero-order valence-corrected chi connectivity index (χ0v) is 15.3. The third-order valence-corrected chi connectivity index (χ3v) is 4.02. The van der Waals surface area contributed by atoms with Crippen LogP contribution in [0, 0.1) is 6.92 Å². The first kappa shape index (κ1) is 17.3. The lowest BCUT2D eigenvalue weighted by Gasteiger charge is -2.36. The molecule has 0 N–H and O–H groups in total. The Hall–Kier alpha value is -2.57. The third-order valence-electron chi connectivity index (χ3n) is 4.02. The number of carbonyl (C=O) groups excluding carboxylic acids is 1. The second kappa shape index (κ2) is 6.38. The summed E-state index contributed by atoms with van der Waals surface area (Å²) in [6.45, 7) is 9.95. The molecule has 1 aliphatic heterocycles. The number of aromatic nitrogens is 4. The lowest BCUT2D eigenvalue weighted by molar-refractivity contribution is 0.0154. The molecule has 7 nitrogen and oxygen atoms in total. The van der Waals surface area contributed by atoms with Crippen molar-refractivity contribution in [3.05, 3.63) is 35.5 Å². The maximum atomic E-state index is 12.5. The van der Waals surface area contributed by atoms with Crippen molar-refractivity contribution in [2.45, 2.75) is 52.7 Å². The fourth-order valence-corrected chi connectivity index (χ4v) is 2.96. The van der Waals surface area contributed by atoms with Crippen molar-refractivity contribution >= 4 is 6.09 Å². The summed E-state index contributed by atoms with van der Waals surface area (Å²) in [6, 6.07) is 1.58. The number of amides is 1. The van der Waals surface area contributed by atoms with Crippen LogP contribution in [0.3, 0.4) is 0 Å². The summed E-state index contributed by atoms with van der Waals surface area (Å²) in [5.41, 5.74) is 2.07. The van der Waals surface area contributed by atoms with Crippen molar-refractivity contribution in [3.8, 4) is 11.5 Å². The van der Waals surface area contributed by atoms with E-state index < -0.39 is 5.60 Å².